The summed E-state index contributed by atoms with van der Waals surface area (Å²) in [6.45, 7) is 2.96. The molecule has 3 heterocycles. The molecule has 0 atom stereocenters. The van der Waals surface area contributed by atoms with Gasteiger partial charge >= 0.3 is 0 Å². The van der Waals surface area contributed by atoms with Gasteiger partial charge in [0.1, 0.15) is 11.4 Å². The van der Waals surface area contributed by atoms with Crippen LogP contribution in [0, 0.1) is 5.82 Å². The molecule has 35 heavy (non-hydrogen) atoms. The van der Waals surface area contributed by atoms with Crippen molar-refractivity contribution < 1.29 is 9.18 Å². The minimum atomic E-state index is -0.617. The Labute approximate surface area is 200 Å². The number of rotatable bonds is 5. The van der Waals surface area contributed by atoms with Crippen LogP contribution in [-0.4, -0.2) is 47.9 Å². The number of amides is 1. The molecule has 1 saturated heterocycles. The molecule has 1 saturated carbocycles. The van der Waals surface area contributed by atoms with E-state index in [4.69, 9.17) is 0 Å². The van der Waals surface area contributed by atoms with Crippen molar-refractivity contribution in [1.29, 1.82) is 0 Å². The first-order valence-corrected chi connectivity index (χ1v) is 11.8. The van der Waals surface area contributed by atoms with Crippen molar-refractivity contribution in [2.75, 3.05) is 31.1 Å². The number of anilines is 1. The van der Waals surface area contributed by atoms with Crippen LogP contribution in [0.25, 0.3) is 21.8 Å². The molecule has 2 aliphatic rings. The van der Waals surface area contributed by atoms with E-state index in [1.54, 1.807) is 18.5 Å². The van der Waals surface area contributed by atoms with Crippen molar-refractivity contribution in [3.05, 3.63) is 76.0 Å². The van der Waals surface area contributed by atoms with E-state index in [-0.39, 0.29) is 17.0 Å². The van der Waals surface area contributed by atoms with Gasteiger partial charge in [-0.1, -0.05) is 18.2 Å². The number of aromatic nitrogens is 2. The molecule has 6 rings (SSSR count). The van der Waals surface area contributed by atoms with Crippen molar-refractivity contribution in [2.45, 2.75) is 18.9 Å². The van der Waals surface area contributed by atoms with Gasteiger partial charge in [0.2, 0.25) is 5.43 Å². The molecule has 2 aromatic heterocycles. The highest BCUT2D eigenvalue weighted by Gasteiger charge is 2.28. The Hall–Kier alpha value is -3.98. The number of pyridine rings is 1. The average Bonchev–Trinajstić information content (AvgIpc) is 3.65. The van der Waals surface area contributed by atoms with Crippen molar-refractivity contribution in [3.63, 3.8) is 0 Å². The number of nitrogens with zero attached hydrogens (tertiary/aromatic N) is 3. The van der Waals surface area contributed by atoms with Gasteiger partial charge in [0, 0.05) is 66.5 Å². The fourth-order valence-corrected chi connectivity index (χ4v) is 4.74. The minimum Gasteiger partial charge on any atom is -0.367 e. The van der Waals surface area contributed by atoms with Gasteiger partial charge in [-0.3, -0.25) is 9.59 Å². The summed E-state index contributed by atoms with van der Waals surface area (Å²) in [6.07, 6.45) is 6.85. The maximum Gasteiger partial charge on any atom is 0.276 e. The maximum absolute atomic E-state index is 15.1. The predicted octanol–water partition coefficient (Wildman–Crippen LogP) is 3.13. The number of nitrogens with one attached hydrogen (secondary N) is 3. The number of hydrogen-bond donors (Lipinski definition) is 3. The zero-order chi connectivity index (χ0) is 23.9. The normalized spacial score (nSPS) is 16.4. The van der Waals surface area contributed by atoms with Crippen molar-refractivity contribution in [2.24, 2.45) is 5.10 Å². The minimum absolute atomic E-state index is 0.0465. The lowest BCUT2D eigenvalue weighted by Crippen LogP contribution is -2.43. The number of piperazine rings is 1. The molecule has 0 spiro atoms. The molecule has 178 valence electrons. The van der Waals surface area contributed by atoms with Gasteiger partial charge in [0.05, 0.1) is 17.4 Å². The fraction of sp³-hybridized carbons (Fsp3) is 0.269. The predicted molar refractivity (Wildman–Crippen MR) is 135 cm³/mol. The lowest BCUT2D eigenvalue weighted by atomic mass is 10.1. The van der Waals surface area contributed by atoms with Crippen LogP contribution in [0.15, 0.2) is 58.7 Å². The molecule has 0 bridgehead atoms. The van der Waals surface area contributed by atoms with Crippen LogP contribution in [0.5, 0.6) is 0 Å². The quantitative estimate of drug-likeness (QED) is 0.307. The van der Waals surface area contributed by atoms with Crippen LogP contribution in [0.1, 0.15) is 34.8 Å². The Bertz CT molecular complexity index is 1530. The third kappa shape index (κ3) is 3.97. The number of fused-ring (bicyclic) bond motifs is 2. The number of para-hydroxylation sites is 1. The Morgan fingerprint density at radius 1 is 1.14 bits per heavy atom. The number of hydrazone groups is 1. The number of carbonyl (C=O) groups is 1. The molecular formula is C26H25FN6O2. The molecule has 0 unspecified atom stereocenters. The molecule has 1 aliphatic heterocycles. The Morgan fingerprint density at radius 2 is 1.94 bits per heavy atom. The first kappa shape index (κ1) is 21.5. The SMILES string of the molecule is O=C(N/N=C/c1c[nH]c2ccccc12)c1cn(C2CC2)c2cc(N3CCNCC3)c(F)cc2c1=O. The van der Waals surface area contributed by atoms with Crippen LogP contribution < -0.4 is 21.1 Å². The third-order valence-corrected chi connectivity index (χ3v) is 6.73. The molecule has 0 radical (unpaired) electrons. The Balaban J connectivity index is 1.34. The van der Waals surface area contributed by atoms with Crippen molar-refractivity contribution in [3.8, 4) is 0 Å². The van der Waals surface area contributed by atoms with E-state index in [1.165, 1.54) is 12.3 Å². The van der Waals surface area contributed by atoms with Crippen LogP contribution in [-0.2, 0) is 0 Å². The second-order valence-electron chi connectivity index (χ2n) is 9.06. The van der Waals surface area contributed by atoms with Gasteiger partial charge in [0.25, 0.3) is 5.91 Å². The van der Waals surface area contributed by atoms with E-state index < -0.39 is 17.2 Å². The summed E-state index contributed by atoms with van der Waals surface area (Å²) in [5, 5.41) is 8.52. The van der Waals surface area contributed by atoms with E-state index in [9.17, 15) is 9.59 Å². The van der Waals surface area contributed by atoms with E-state index >= 15 is 4.39 Å². The van der Waals surface area contributed by atoms with Crippen LogP contribution >= 0.6 is 0 Å². The molecule has 1 amide bonds. The third-order valence-electron chi connectivity index (χ3n) is 6.73. The smallest absolute Gasteiger partial charge is 0.276 e. The van der Waals surface area contributed by atoms with Gasteiger partial charge in [-0.25, -0.2) is 9.82 Å². The van der Waals surface area contributed by atoms with Crippen molar-refractivity contribution in [1.82, 2.24) is 20.3 Å². The zero-order valence-corrected chi connectivity index (χ0v) is 19.1. The fourth-order valence-electron chi connectivity index (χ4n) is 4.74. The highest BCUT2D eigenvalue weighted by atomic mass is 19.1. The number of H-pyrrole nitrogens is 1. The average molecular weight is 473 g/mol. The zero-order valence-electron chi connectivity index (χ0n) is 19.1. The standard InChI is InChI=1S/C26H25FN6O2/c27-21-11-19-23(12-24(21)32-9-7-28-8-10-32)33(17-5-6-17)15-20(25(19)34)26(35)31-30-14-16-13-29-22-4-2-1-3-18(16)22/h1-4,11-15,17,28-29H,5-10H2,(H,31,35)/b30-14+. The largest absolute Gasteiger partial charge is 0.367 e. The number of aromatic amines is 1. The first-order chi connectivity index (χ1) is 17.1. The lowest BCUT2D eigenvalue weighted by Gasteiger charge is -2.30. The molecule has 3 N–H and O–H groups in total. The van der Waals surface area contributed by atoms with Crippen molar-refractivity contribution >= 4 is 39.6 Å². The number of benzene rings is 2. The number of halogens is 1. The summed E-state index contributed by atoms with van der Waals surface area (Å²) in [7, 11) is 0. The molecule has 8 nitrogen and oxygen atoms in total. The summed E-state index contributed by atoms with van der Waals surface area (Å²) in [5.74, 6) is -1.07. The summed E-state index contributed by atoms with van der Waals surface area (Å²) in [4.78, 5) is 31.3. The monoisotopic (exact) mass is 472 g/mol. The highest BCUT2D eigenvalue weighted by Crippen LogP contribution is 2.38. The van der Waals surface area contributed by atoms with Crippen LogP contribution in [0.2, 0.25) is 0 Å². The highest BCUT2D eigenvalue weighted by molar-refractivity contribution is 6.01. The van der Waals surface area contributed by atoms with E-state index in [2.05, 4.69) is 20.8 Å². The lowest BCUT2D eigenvalue weighted by molar-refractivity contribution is 0.0953. The van der Waals surface area contributed by atoms with Crippen LogP contribution in [0.3, 0.4) is 0 Å². The second kappa shape index (κ2) is 8.66. The van der Waals surface area contributed by atoms with E-state index in [0.29, 0.717) is 24.3 Å². The Kier molecular flexibility index (Phi) is 5.33. The Morgan fingerprint density at radius 3 is 2.74 bits per heavy atom. The molecule has 2 fully saturated rings. The van der Waals surface area contributed by atoms with E-state index in [0.717, 1.165) is 42.4 Å². The van der Waals surface area contributed by atoms with Gasteiger partial charge in [-0.05, 0) is 31.0 Å². The number of hydrogen-bond acceptors (Lipinski definition) is 5. The number of carbonyl (C=O) groups excluding carboxylic acids is 1. The summed E-state index contributed by atoms with van der Waals surface area (Å²) in [5.41, 5.74) is 4.85. The molecule has 4 aromatic rings. The second-order valence-corrected chi connectivity index (χ2v) is 9.06. The van der Waals surface area contributed by atoms with Crippen LogP contribution in [0.4, 0.5) is 10.1 Å². The summed E-state index contributed by atoms with van der Waals surface area (Å²) in [6, 6.07) is 11.0. The van der Waals surface area contributed by atoms with Gasteiger partial charge in [-0.2, -0.15) is 5.10 Å². The van der Waals surface area contributed by atoms with Gasteiger partial charge < -0.3 is 19.8 Å². The van der Waals surface area contributed by atoms with E-state index in [1.807, 2.05) is 33.7 Å². The molecule has 1 aliphatic carbocycles. The molecular weight excluding hydrogens is 447 g/mol. The topological polar surface area (TPSA) is 94.5 Å². The van der Waals surface area contributed by atoms with Gasteiger partial charge in [0.15, 0.2) is 0 Å². The van der Waals surface area contributed by atoms with Gasteiger partial charge in [-0.15, -0.1) is 0 Å². The summed E-state index contributed by atoms with van der Waals surface area (Å²) >= 11 is 0. The molecule has 9 heteroatoms. The first-order valence-electron chi connectivity index (χ1n) is 11.8. The summed E-state index contributed by atoms with van der Waals surface area (Å²) < 4.78 is 17.1. The molecule has 2 aromatic carbocycles. The maximum atomic E-state index is 15.1.